The van der Waals surface area contributed by atoms with Crippen molar-refractivity contribution < 1.29 is 14.4 Å². The number of carbonyl (C=O) groups excluding carboxylic acids is 3. The number of rotatable bonds is 9. The van der Waals surface area contributed by atoms with Gasteiger partial charge in [-0.3, -0.25) is 14.4 Å². The Bertz CT molecular complexity index is 573. The third-order valence-electron chi connectivity index (χ3n) is 4.03. The molecule has 0 bridgehead atoms. The highest BCUT2D eigenvalue weighted by Crippen LogP contribution is 2.07. The maximum absolute atomic E-state index is 12.6. The number of benzene rings is 1. The van der Waals surface area contributed by atoms with Crippen molar-refractivity contribution in [2.24, 2.45) is 17.6 Å². The van der Waals surface area contributed by atoms with E-state index < -0.39 is 24.0 Å². The predicted octanol–water partition coefficient (Wildman–Crippen LogP) is 0.948. The smallest absolute Gasteiger partial charge is 0.243 e. The van der Waals surface area contributed by atoms with Crippen LogP contribution < -0.4 is 16.4 Å². The largest absolute Gasteiger partial charge is 0.344 e. The van der Waals surface area contributed by atoms with Crippen LogP contribution in [0, 0.1) is 11.8 Å². The summed E-state index contributed by atoms with van der Waals surface area (Å²) in [5, 5.41) is 5.35. The molecule has 0 heterocycles. The number of hydrogen-bond acceptors (Lipinski definition) is 4. The zero-order chi connectivity index (χ0) is 19.0. The standard InChI is InChI=1S/C19H28N3O3/c1-12(2)16(11-23)22-18(24)15(10-14-8-6-5-7-9-14)21-19(25)17(20)13(3)4/h5-9,12-13,15-17H,10,20H2,1-4H3,(H,21,25)(H,22,24)/t15-,16+,17-/m0/s1. The molecule has 0 aliphatic rings. The third kappa shape index (κ3) is 6.66. The molecule has 4 N–H and O–H groups in total. The maximum atomic E-state index is 12.6. The first-order valence-electron chi connectivity index (χ1n) is 8.54. The fraction of sp³-hybridized carbons (Fsp3) is 0.526. The first-order valence-corrected chi connectivity index (χ1v) is 8.54. The Morgan fingerprint density at radius 3 is 2.08 bits per heavy atom. The molecule has 3 atom stereocenters. The quantitative estimate of drug-likeness (QED) is 0.619. The number of nitrogens with two attached hydrogens (primary N) is 1. The lowest BCUT2D eigenvalue weighted by molar-refractivity contribution is -0.130. The summed E-state index contributed by atoms with van der Waals surface area (Å²) in [7, 11) is 0. The first-order chi connectivity index (χ1) is 11.8. The molecule has 1 aromatic rings. The van der Waals surface area contributed by atoms with E-state index in [0.717, 1.165) is 5.56 Å². The number of amides is 2. The average molecular weight is 346 g/mol. The Balaban J connectivity index is 2.91. The monoisotopic (exact) mass is 346 g/mol. The Labute approximate surface area is 149 Å². The van der Waals surface area contributed by atoms with Crippen LogP contribution in [0.2, 0.25) is 0 Å². The molecule has 0 spiro atoms. The van der Waals surface area contributed by atoms with Gasteiger partial charge in [0.15, 0.2) is 0 Å². The molecule has 0 unspecified atom stereocenters. The van der Waals surface area contributed by atoms with Crippen LogP contribution >= 0.6 is 0 Å². The molecule has 25 heavy (non-hydrogen) atoms. The SMILES string of the molecule is CC(C)[C@H](N)C(=O)N[C@@H](Cc1ccccc1)C(=O)N[C@H]([C]=O)C(C)C. The highest BCUT2D eigenvalue weighted by molar-refractivity contribution is 5.91. The van der Waals surface area contributed by atoms with Crippen molar-refractivity contribution in [2.45, 2.75) is 52.2 Å². The van der Waals surface area contributed by atoms with Crippen molar-refractivity contribution in [3.05, 3.63) is 35.9 Å². The first kappa shape index (κ1) is 20.8. The van der Waals surface area contributed by atoms with Gasteiger partial charge in [0, 0.05) is 6.42 Å². The van der Waals surface area contributed by atoms with Crippen molar-refractivity contribution in [3.8, 4) is 0 Å². The van der Waals surface area contributed by atoms with Gasteiger partial charge in [-0.25, -0.2) is 0 Å². The molecule has 0 aliphatic heterocycles. The van der Waals surface area contributed by atoms with Gasteiger partial charge in [-0.05, 0) is 17.4 Å². The van der Waals surface area contributed by atoms with E-state index in [9.17, 15) is 14.4 Å². The van der Waals surface area contributed by atoms with Gasteiger partial charge in [0.25, 0.3) is 0 Å². The molecule has 137 valence electrons. The van der Waals surface area contributed by atoms with Gasteiger partial charge < -0.3 is 16.4 Å². The molecule has 0 fully saturated rings. The minimum Gasteiger partial charge on any atom is -0.344 e. The van der Waals surface area contributed by atoms with Gasteiger partial charge in [-0.1, -0.05) is 58.0 Å². The van der Waals surface area contributed by atoms with Crippen LogP contribution in [-0.4, -0.2) is 36.2 Å². The van der Waals surface area contributed by atoms with Crippen molar-refractivity contribution in [3.63, 3.8) is 0 Å². The summed E-state index contributed by atoms with van der Waals surface area (Å²) in [6.45, 7) is 7.31. The highest BCUT2D eigenvalue weighted by atomic mass is 16.2. The summed E-state index contributed by atoms with van der Waals surface area (Å²) >= 11 is 0. The van der Waals surface area contributed by atoms with Gasteiger partial charge in [-0.2, -0.15) is 0 Å². The van der Waals surface area contributed by atoms with Gasteiger partial charge >= 0.3 is 0 Å². The molecule has 1 aromatic carbocycles. The average Bonchev–Trinajstić information content (AvgIpc) is 2.58. The Morgan fingerprint density at radius 1 is 1.00 bits per heavy atom. The Kier molecular flexibility index (Phi) is 8.28. The van der Waals surface area contributed by atoms with E-state index in [0.29, 0.717) is 6.42 Å². The van der Waals surface area contributed by atoms with Crippen LogP contribution in [0.1, 0.15) is 33.3 Å². The van der Waals surface area contributed by atoms with Crippen LogP contribution in [0.5, 0.6) is 0 Å². The summed E-state index contributed by atoms with van der Waals surface area (Å²) in [6.07, 6.45) is 2.14. The van der Waals surface area contributed by atoms with Crippen LogP contribution in [0.15, 0.2) is 30.3 Å². The molecule has 6 heteroatoms. The number of nitrogens with one attached hydrogen (secondary N) is 2. The lowest BCUT2D eigenvalue weighted by atomic mass is 10.0. The summed E-state index contributed by atoms with van der Waals surface area (Å²) < 4.78 is 0. The zero-order valence-corrected chi connectivity index (χ0v) is 15.3. The van der Waals surface area contributed by atoms with Crippen LogP contribution in [0.25, 0.3) is 0 Å². The van der Waals surface area contributed by atoms with E-state index in [1.807, 2.05) is 64.3 Å². The molecule has 0 saturated heterocycles. The molecule has 0 aromatic heterocycles. The number of hydrogen-bond donors (Lipinski definition) is 3. The lowest BCUT2D eigenvalue weighted by Gasteiger charge is -2.24. The minimum absolute atomic E-state index is 0.0489. The van der Waals surface area contributed by atoms with Gasteiger partial charge in [0.05, 0.1) is 12.1 Å². The lowest BCUT2D eigenvalue weighted by Crippen LogP contribution is -2.55. The van der Waals surface area contributed by atoms with E-state index in [1.165, 1.54) is 0 Å². The van der Waals surface area contributed by atoms with Crippen LogP contribution in [0.3, 0.4) is 0 Å². The summed E-state index contributed by atoms with van der Waals surface area (Å²) in [5.74, 6) is -0.947. The predicted molar refractivity (Wildman–Crippen MR) is 97.4 cm³/mol. The van der Waals surface area contributed by atoms with Crippen LogP contribution in [-0.2, 0) is 20.8 Å². The maximum Gasteiger partial charge on any atom is 0.243 e. The Hall–Kier alpha value is -2.21. The summed E-state index contributed by atoms with van der Waals surface area (Å²) in [6, 6.07) is 7.12. The molecule has 2 amide bonds. The fourth-order valence-electron chi connectivity index (χ4n) is 2.22. The highest BCUT2D eigenvalue weighted by Gasteiger charge is 2.27. The second-order valence-corrected chi connectivity index (χ2v) is 6.87. The number of carbonyl (C=O) groups is 2. The van der Waals surface area contributed by atoms with E-state index in [1.54, 1.807) is 0 Å². The van der Waals surface area contributed by atoms with Crippen molar-refractivity contribution in [2.75, 3.05) is 0 Å². The van der Waals surface area contributed by atoms with Crippen molar-refractivity contribution in [1.82, 2.24) is 10.6 Å². The molecule has 0 aliphatic carbocycles. The van der Waals surface area contributed by atoms with Crippen molar-refractivity contribution >= 4 is 18.1 Å². The van der Waals surface area contributed by atoms with Gasteiger partial charge in [0.2, 0.25) is 18.1 Å². The molecule has 6 nitrogen and oxygen atoms in total. The normalized spacial score (nSPS) is 14.7. The topological polar surface area (TPSA) is 101 Å². The fourth-order valence-corrected chi connectivity index (χ4v) is 2.22. The molecular weight excluding hydrogens is 318 g/mol. The van der Waals surface area contributed by atoms with Gasteiger partial charge in [0.1, 0.15) is 6.04 Å². The zero-order valence-electron chi connectivity index (χ0n) is 15.3. The van der Waals surface area contributed by atoms with E-state index in [-0.39, 0.29) is 17.7 Å². The van der Waals surface area contributed by atoms with E-state index >= 15 is 0 Å². The minimum atomic E-state index is -0.811. The van der Waals surface area contributed by atoms with E-state index in [4.69, 9.17) is 5.73 Å². The second-order valence-electron chi connectivity index (χ2n) is 6.87. The van der Waals surface area contributed by atoms with Crippen LogP contribution in [0.4, 0.5) is 0 Å². The summed E-state index contributed by atoms with van der Waals surface area (Å²) in [5.41, 5.74) is 6.77. The molecular formula is C19H28N3O3. The van der Waals surface area contributed by atoms with E-state index in [2.05, 4.69) is 10.6 Å². The summed E-state index contributed by atoms with van der Waals surface area (Å²) in [4.78, 5) is 35.9. The second kappa shape index (κ2) is 9.93. The molecule has 1 radical (unpaired) electrons. The van der Waals surface area contributed by atoms with Crippen molar-refractivity contribution in [1.29, 1.82) is 0 Å². The molecule has 1 rings (SSSR count). The molecule has 0 saturated carbocycles. The Morgan fingerprint density at radius 2 is 1.60 bits per heavy atom. The van der Waals surface area contributed by atoms with Gasteiger partial charge in [-0.15, -0.1) is 0 Å². The third-order valence-corrected chi connectivity index (χ3v) is 4.03.